The number of benzene rings is 3. The molecule has 0 radical (unpaired) electrons. The summed E-state index contributed by atoms with van der Waals surface area (Å²) in [6, 6.07) is 27.6. The van der Waals surface area contributed by atoms with Gasteiger partial charge in [-0.05, 0) is 72.8 Å². The fraction of sp³-hybridized carbons (Fsp3) is 0.353. The number of para-hydroxylation sites is 1. The zero-order valence-electron chi connectivity index (χ0n) is 23.5. The molecule has 0 unspecified atom stereocenters. The summed E-state index contributed by atoms with van der Waals surface area (Å²) in [7, 11) is 0. The van der Waals surface area contributed by atoms with Gasteiger partial charge in [-0.1, -0.05) is 73.2 Å². The van der Waals surface area contributed by atoms with Gasteiger partial charge in [-0.2, -0.15) is 13.2 Å². The second-order valence-electron chi connectivity index (χ2n) is 11.3. The molecular formula is C34H35F3N4O. The molecule has 42 heavy (non-hydrogen) atoms. The smallest absolute Gasteiger partial charge is 0.355 e. The SMILES string of the molecule is O=C(NCC(F)(F)F)C1(CCCCN2CCCN(c3ccc4ccccc4n3)CC2)c2ccccc2-c2ccccc21. The van der Waals surface area contributed by atoms with Gasteiger partial charge in [-0.25, -0.2) is 4.98 Å². The Morgan fingerprint density at radius 1 is 0.810 bits per heavy atom. The van der Waals surface area contributed by atoms with E-state index in [0.717, 1.165) is 84.5 Å². The van der Waals surface area contributed by atoms with Gasteiger partial charge >= 0.3 is 6.18 Å². The van der Waals surface area contributed by atoms with Crippen molar-refractivity contribution in [3.63, 3.8) is 0 Å². The molecule has 5 nitrogen and oxygen atoms in total. The second kappa shape index (κ2) is 11.8. The summed E-state index contributed by atoms with van der Waals surface area (Å²) in [4.78, 5) is 23.4. The number of carbonyl (C=O) groups excluding carboxylic acids is 1. The fourth-order valence-electron chi connectivity index (χ4n) is 6.66. The molecule has 0 bridgehead atoms. The zero-order valence-corrected chi connectivity index (χ0v) is 23.5. The number of carbonyl (C=O) groups is 1. The molecule has 2 heterocycles. The Morgan fingerprint density at radius 2 is 1.50 bits per heavy atom. The third-order valence-electron chi connectivity index (χ3n) is 8.67. The number of alkyl halides is 3. The van der Waals surface area contributed by atoms with Crippen LogP contribution in [0.3, 0.4) is 0 Å². The lowest BCUT2D eigenvalue weighted by atomic mass is 9.73. The highest BCUT2D eigenvalue weighted by Crippen LogP contribution is 2.51. The Morgan fingerprint density at radius 3 is 2.24 bits per heavy atom. The number of anilines is 1. The third kappa shape index (κ3) is 5.60. The van der Waals surface area contributed by atoms with Crippen molar-refractivity contribution >= 4 is 22.6 Å². The quantitative estimate of drug-likeness (QED) is 0.243. The van der Waals surface area contributed by atoms with Crippen LogP contribution in [0.4, 0.5) is 19.0 Å². The molecule has 0 atom stereocenters. The highest BCUT2D eigenvalue weighted by molar-refractivity contribution is 6.00. The summed E-state index contributed by atoms with van der Waals surface area (Å²) in [5.74, 6) is 0.423. The van der Waals surface area contributed by atoms with E-state index in [4.69, 9.17) is 4.98 Å². The Balaban J connectivity index is 1.13. The number of halogens is 3. The largest absolute Gasteiger partial charge is 0.405 e. The van der Waals surface area contributed by atoms with Crippen LogP contribution in [0.5, 0.6) is 0 Å². The monoisotopic (exact) mass is 572 g/mol. The van der Waals surface area contributed by atoms with Crippen molar-refractivity contribution in [1.29, 1.82) is 0 Å². The molecule has 6 rings (SSSR count). The summed E-state index contributed by atoms with van der Waals surface area (Å²) in [6.45, 7) is 3.26. The first kappa shape index (κ1) is 28.2. The van der Waals surface area contributed by atoms with Crippen LogP contribution in [-0.2, 0) is 10.2 Å². The van der Waals surface area contributed by atoms with E-state index >= 15 is 0 Å². The number of pyridine rings is 1. The fourth-order valence-corrected chi connectivity index (χ4v) is 6.66. The van der Waals surface area contributed by atoms with E-state index in [0.29, 0.717) is 12.8 Å². The maximum absolute atomic E-state index is 13.7. The summed E-state index contributed by atoms with van der Waals surface area (Å²) in [5, 5.41) is 3.37. The summed E-state index contributed by atoms with van der Waals surface area (Å²) in [5.41, 5.74) is 3.28. The van der Waals surface area contributed by atoms with E-state index < -0.39 is 24.0 Å². The van der Waals surface area contributed by atoms with Crippen LogP contribution in [-0.4, -0.2) is 61.2 Å². The van der Waals surface area contributed by atoms with Gasteiger partial charge in [0.25, 0.3) is 0 Å². The first-order valence-corrected chi connectivity index (χ1v) is 14.7. The molecule has 218 valence electrons. The first-order valence-electron chi connectivity index (χ1n) is 14.7. The summed E-state index contributed by atoms with van der Waals surface area (Å²) in [6.07, 6.45) is -1.43. The van der Waals surface area contributed by atoms with E-state index in [1.165, 1.54) is 0 Å². The molecule has 1 aliphatic carbocycles. The van der Waals surface area contributed by atoms with Crippen LogP contribution >= 0.6 is 0 Å². The molecule has 1 saturated heterocycles. The molecule has 1 fully saturated rings. The van der Waals surface area contributed by atoms with Gasteiger partial charge in [0.15, 0.2) is 0 Å². The molecule has 3 aromatic carbocycles. The lowest BCUT2D eigenvalue weighted by Crippen LogP contribution is -2.47. The van der Waals surface area contributed by atoms with Gasteiger partial charge < -0.3 is 15.1 Å². The van der Waals surface area contributed by atoms with Crippen LogP contribution in [0.25, 0.3) is 22.0 Å². The summed E-state index contributed by atoms with van der Waals surface area (Å²) < 4.78 is 39.4. The maximum Gasteiger partial charge on any atom is 0.405 e. The maximum atomic E-state index is 13.7. The van der Waals surface area contributed by atoms with Gasteiger partial charge in [0, 0.05) is 25.0 Å². The lowest BCUT2D eigenvalue weighted by molar-refractivity contribution is -0.141. The van der Waals surface area contributed by atoms with Crippen molar-refractivity contribution in [1.82, 2.24) is 15.2 Å². The van der Waals surface area contributed by atoms with Gasteiger partial charge in [-0.15, -0.1) is 0 Å². The molecule has 1 N–H and O–H groups in total. The number of aromatic nitrogens is 1. The van der Waals surface area contributed by atoms with Crippen LogP contribution in [0.1, 0.15) is 36.8 Å². The van der Waals surface area contributed by atoms with Crippen molar-refractivity contribution in [2.24, 2.45) is 0 Å². The predicted molar refractivity (Wildman–Crippen MR) is 161 cm³/mol. The van der Waals surface area contributed by atoms with Crippen LogP contribution in [0.15, 0.2) is 84.9 Å². The van der Waals surface area contributed by atoms with Gasteiger partial charge in [0.1, 0.15) is 17.8 Å². The number of hydrogen-bond donors (Lipinski definition) is 1. The van der Waals surface area contributed by atoms with Crippen LogP contribution in [0, 0.1) is 0 Å². The highest BCUT2D eigenvalue weighted by Gasteiger charge is 2.49. The van der Waals surface area contributed by atoms with Gasteiger partial charge in [0.05, 0.1) is 5.52 Å². The van der Waals surface area contributed by atoms with Crippen LogP contribution in [0.2, 0.25) is 0 Å². The summed E-state index contributed by atoms with van der Waals surface area (Å²) >= 11 is 0. The van der Waals surface area contributed by atoms with E-state index in [9.17, 15) is 18.0 Å². The molecule has 1 aliphatic heterocycles. The van der Waals surface area contributed by atoms with Crippen molar-refractivity contribution in [3.05, 3.63) is 96.1 Å². The third-order valence-corrected chi connectivity index (χ3v) is 8.67. The normalized spacial score (nSPS) is 16.6. The van der Waals surface area contributed by atoms with E-state index in [2.05, 4.69) is 33.3 Å². The number of fused-ring (bicyclic) bond motifs is 4. The molecule has 8 heteroatoms. The van der Waals surface area contributed by atoms with E-state index in [1.54, 1.807) is 0 Å². The molecule has 1 aromatic heterocycles. The number of amides is 1. The standard InChI is InChI=1S/C34H35F3N4O/c35-34(36,37)24-38-32(42)33(28-13-4-2-11-26(28)27-12-3-5-14-29(27)33)18-7-8-19-40-20-9-21-41(23-22-40)31-17-16-25-10-1-6-15-30(25)39-31/h1-6,10-17H,7-9,18-24H2,(H,38,42). The van der Waals surface area contributed by atoms with Crippen molar-refractivity contribution in [3.8, 4) is 11.1 Å². The second-order valence-corrected chi connectivity index (χ2v) is 11.3. The van der Waals surface area contributed by atoms with Gasteiger partial charge in [-0.3, -0.25) is 4.79 Å². The van der Waals surface area contributed by atoms with Crippen molar-refractivity contribution in [2.75, 3.05) is 44.2 Å². The molecule has 2 aliphatic rings. The number of nitrogens with one attached hydrogen (secondary N) is 1. The zero-order chi connectivity index (χ0) is 29.2. The number of rotatable bonds is 8. The lowest BCUT2D eigenvalue weighted by Gasteiger charge is -2.31. The molecule has 0 saturated carbocycles. The Hall–Kier alpha value is -3.91. The minimum Gasteiger partial charge on any atom is -0.355 e. The highest BCUT2D eigenvalue weighted by atomic mass is 19.4. The average molecular weight is 573 g/mol. The number of nitrogens with zero attached hydrogens (tertiary/aromatic N) is 3. The Labute approximate surface area is 244 Å². The Kier molecular flexibility index (Phi) is 7.90. The van der Waals surface area contributed by atoms with Crippen LogP contribution < -0.4 is 10.2 Å². The Bertz CT molecular complexity index is 1520. The van der Waals surface area contributed by atoms with Crippen molar-refractivity contribution in [2.45, 2.75) is 37.3 Å². The van der Waals surface area contributed by atoms with E-state index in [1.807, 2.05) is 66.7 Å². The number of unbranched alkanes of at least 4 members (excludes halogenated alkanes) is 1. The molecule has 1 amide bonds. The molecule has 4 aromatic rings. The predicted octanol–water partition coefficient (Wildman–Crippen LogP) is 6.56. The first-order chi connectivity index (χ1) is 20.3. The number of hydrogen-bond acceptors (Lipinski definition) is 4. The topological polar surface area (TPSA) is 48.5 Å². The minimum absolute atomic E-state index is 0.450. The average Bonchev–Trinajstić information content (AvgIpc) is 3.11. The van der Waals surface area contributed by atoms with Gasteiger partial charge in [0.2, 0.25) is 5.91 Å². The van der Waals surface area contributed by atoms with E-state index in [-0.39, 0.29) is 0 Å². The minimum atomic E-state index is -4.47. The van der Waals surface area contributed by atoms with Crippen molar-refractivity contribution < 1.29 is 18.0 Å². The molecular weight excluding hydrogens is 537 g/mol. The molecule has 0 spiro atoms.